The first kappa shape index (κ1) is 12.6. The predicted molar refractivity (Wildman–Crippen MR) is 78.3 cm³/mol. The molecule has 0 aliphatic carbocycles. The molecule has 1 aliphatic rings. The predicted octanol–water partition coefficient (Wildman–Crippen LogP) is 3.12. The Kier molecular flexibility index (Phi) is 3.53. The van der Waals surface area contributed by atoms with Gasteiger partial charge in [0.1, 0.15) is 0 Å². The Labute approximate surface area is 120 Å². The van der Waals surface area contributed by atoms with Crippen LogP contribution in [0.2, 0.25) is 0 Å². The van der Waals surface area contributed by atoms with Crippen LogP contribution in [-0.2, 0) is 4.74 Å². The van der Waals surface area contributed by atoms with Gasteiger partial charge in [-0.2, -0.15) is 0 Å². The summed E-state index contributed by atoms with van der Waals surface area (Å²) in [5, 5.41) is 5.05. The highest BCUT2D eigenvalue weighted by Gasteiger charge is 2.19. The van der Waals surface area contributed by atoms with Gasteiger partial charge in [0, 0.05) is 16.6 Å². The Morgan fingerprint density at radius 1 is 1.21 bits per heavy atom. The number of amides is 1. The first-order valence-electron chi connectivity index (χ1n) is 6.31. The molecule has 1 atom stereocenters. The van der Waals surface area contributed by atoms with E-state index in [1.807, 2.05) is 36.4 Å². The van der Waals surface area contributed by atoms with Gasteiger partial charge in [-0.1, -0.05) is 40.2 Å². The summed E-state index contributed by atoms with van der Waals surface area (Å²) in [5.41, 5.74) is 0.714. The third-order valence-electron chi connectivity index (χ3n) is 3.38. The third kappa shape index (κ3) is 2.51. The summed E-state index contributed by atoms with van der Waals surface area (Å²) >= 11 is 3.52. The van der Waals surface area contributed by atoms with Crippen LogP contribution >= 0.6 is 15.9 Å². The van der Waals surface area contributed by atoms with E-state index in [0.29, 0.717) is 12.2 Å². The largest absolute Gasteiger partial charge is 0.379 e. The van der Waals surface area contributed by atoms with Crippen molar-refractivity contribution in [1.29, 1.82) is 0 Å². The Morgan fingerprint density at radius 2 is 2.00 bits per heavy atom. The maximum absolute atomic E-state index is 12.3. The number of carbonyl (C=O) groups excluding carboxylic acids is 1. The molecule has 3 nitrogen and oxygen atoms in total. The summed E-state index contributed by atoms with van der Waals surface area (Å²) < 4.78 is 6.28. The van der Waals surface area contributed by atoms with Crippen molar-refractivity contribution >= 4 is 32.6 Å². The van der Waals surface area contributed by atoms with Crippen LogP contribution in [0.25, 0.3) is 10.8 Å². The number of halogens is 1. The van der Waals surface area contributed by atoms with Crippen molar-refractivity contribution < 1.29 is 9.53 Å². The van der Waals surface area contributed by atoms with Crippen LogP contribution in [0.15, 0.2) is 40.9 Å². The molecule has 2 aromatic carbocycles. The van der Waals surface area contributed by atoms with Crippen LogP contribution in [0.5, 0.6) is 0 Å². The number of hydrogen-bond acceptors (Lipinski definition) is 2. The lowest BCUT2D eigenvalue weighted by molar-refractivity contribution is 0.0931. The van der Waals surface area contributed by atoms with Gasteiger partial charge in [0.25, 0.3) is 5.91 Å². The highest BCUT2D eigenvalue weighted by atomic mass is 79.9. The van der Waals surface area contributed by atoms with Crippen molar-refractivity contribution in [2.75, 3.05) is 13.2 Å². The zero-order valence-electron chi connectivity index (χ0n) is 10.4. The van der Waals surface area contributed by atoms with E-state index in [-0.39, 0.29) is 11.9 Å². The van der Waals surface area contributed by atoms with Gasteiger partial charge in [0.15, 0.2) is 0 Å². The normalized spacial score (nSPS) is 18.7. The Bertz CT molecular complexity index is 621. The van der Waals surface area contributed by atoms with Gasteiger partial charge in [0.2, 0.25) is 0 Å². The van der Waals surface area contributed by atoms with E-state index in [2.05, 4.69) is 21.2 Å². The maximum Gasteiger partial charge on any atom is 0.252 e. The van der Waals surface area contributed by atoms with E-state index in [1.54, 1.807) is 0 Å². The van der Waals surface area contributed by atoms with Gasteiger partial charge >= 0.3 is 0 Å². The average molecular weight is 320 g/mol. The highest BCUT2D eigenvalue weighted by molar-refractivity contribution is 9.10. The van der Waals surface area contributed by atoms with Gasteiger partial charge in [-0.05, 0) is 29.3 Å². The summed E-state index contributed by atoms with van der Waals surface area (Å²) in [6.07, 6.45) is 0.889. The lowest BCUT2D eigenvalue weighted by Gasteiger charge is -2.12. The molecule has 1 amide bonds. The molecular formula is C15H14BrNO2. The molecule has 2 aromatic rings. The highest BCUT2D eigenvalue weighted by Crippen LogP contribution is 2.26. The minimum atomic E-state index is -0.0285. The van der Waals surface area contributed by atoms with Crippen molar-refractivity contribution in [1.82, 2.24) is 5.32 Å². The Morgan fingerprint density at radius 3 is 2.79 bits per heavy atom. The molecule has 1 heterocycles. The number of nitrogens with one attached hydrogen (secondary N) is 1. The van der Waals surface area contributed by atoms with E-state index in [9.17, 15) is 4.79 Å². The van der Waals surface area contributed by atoms with Gasteiger partial charge in [-0.3, -0.25) is 4.79 Å². The second-order valence-electron chi connectivity index (χ2n) is 4.67. The SMILES string of the molecule is O=C(NC1CCOC1)c1cccc2c(Br)cccc12. The molecule has 3 rings (SSSR count). The smallest absolute Gasteiger partial charge is 0.252 e. The summed E-state index contributed by atoms with van der Waals surface area (Å²) in [5.74, 6) is -0.0285. The van der Waals surface area contributed by atoms with E-state index in [0.717, 1.165) is 28.3 Å². The molecule has 0 spiro atoms. The van der Waals surface area contributed by atoms with E-state index in [1.165, 1.54) is 0 Å². The van der Waals surface area contributed by atoms with Crippen molar-refractivity contribution in [3.05, 3.63) is 46.4 Å². The monoisotopic (exact) mass is 319 g/mol. The second kappa shape index (κ2) is 5.31. The maximum atomic E-state index is 12.3. The molecular weight excluding hydrogens is 306 g/mol. The number of hydrogen-bond donors (Lipinski definition) is 1. The molecule has 1 fully saturated rings. The lowest BCUT2D eigenvalue weighted by atomic mass is 10.0. The van der Waals surface area contributed by atoms with E-state index >= 15 is 0 Å². The van der Waals surface area contributed by atoms with Crippen LogP contribution in [0.4, 0.5) is 0 Å². The Hall–Kier alpha value is -1.39. The number of fused-ring (bicyclic) bond motifs is 1. The zero-order chi connectivity index (χ0) is 13.2. The van der Waals surface area contributed by atoms with Crippen LogP contribution in [0.3, 0.4) is 0 Å². The third-order valence-corrected chi connectivity index (χ3v) is 4.07. The minimum Gasteiger partial charge on any atom is -0.379 e. The number of rotatable bonds is 2. The fraction of sp³-hybridized carbons (Fsp3) is 0.267. The molecule has 4 heteroatoms. The topological polar surface area (TPSA) is 38.3 Å². The summed E-state index contributed by atoms with van der Waals surface area (Å²) in [6.45, 7) is 1.34. The van der Waals surface area contributed by atoms with Crippen LogP contribution in [0.1, 0.15) is 16.8 Å². The first-order valence-corrected chi connectivity index (χ1v) is 7.11. The van der Waals surface area contributed by atoms with Gasteiger partial charge in [-0.25, -0.2) is 0 Å². The Balaban J connectivity index is 1.95. The molecule has 0 aromatic heterocycles. The minimum absolute atomic E-state index is 0.0285. The molecule has 19 heavy (non-hydrogen) atoms. The molecule has 1 N–H and O–H groups in total. The number of benzene rings is 2. The molecule has 0 radical (unpaired) electrons. The summed E-state index contributed by atoms with van der Waals surface area (Å²) in [4.78, 5) is 12.3. The standard InChI is InChI=1S/C15H14BrNO2/c16-14-6-2-3-11-12(14)4-1-5-13(11)15(18)17-10-7-8-19-9-10/h1-6,10H,7-9H2,(H,17,18). The van der Waals surface area contributed by atoms with Gasteiger partial charge in [0.05, 0.1) is 12.6 Å². The van der Waals surface area contributed by atoms with E-state index in [4.69, 9.17) is 4.74 Å². The summed E-state index contributed by atoms with van der Waals surface area (Å²) in [6, 6.07) is 11.8. The molecule has 1 aliphatic heterocycles. The van der Waals surface area contributed by atoms with Crippen LogP contribution < -0.4 is 5.32 Å². The molecule has 1 saturated heterocycles. The average Bonchev–Trinajstić information content (AvgIpc) is 2.91. The molecule has 98 valence electrons. The fourth-order valence-electron chi connectivity index (χ4n) is 2.38. The van der Waals surface area contributed by atoms with Gasteiger partial charge in [-0.15, -0.1) is 0 Å². The van der Waals surface area contributed by atoms with Gasteiger partial charge < -0.3 is 10.1 Å². The molecule has 0 saturated carbocycles. The zero-order valence-corrected chi connectivity index (χ0v) is 11.9. The molecule has 0 bridgehead atoms. The van der Waals surface area contributed by atoms with Crippen molar-refractivity contribution in [3.63, 3.8) is 0 Å². The van der Waals surface area contributed by atoms with Crippen molar-refractivity contribution in [2.45, 2.75) is 12.5 Å². The molecule has 1 unspecified atom stereocenters. The van der Waals surface area contributed by atoms with Crippen LogP contribution in [0, 0.1) is 0 Å². The van der Waals surface area contributed by atoms with Crippen molar-refractivity contribution in [3.8, 4) is 0 Å². The quantitative estimate of drug-likeness (QED) is 0.923. The second-order valence-corrected chi connectivity index (χ2v) is 5.53. The number of carbonyl (C=O) groups is 1. The van der Waals surface area contributed by atoms with Crippen LogP contribution in [-0.4, -0.2) is 25.2 Å². The first-order chi connectivity index (χ1) is 9.25. The lowest BCUT2D eigenvalue weighted by Crippen LogP contribution is -2.35. The number of ether oxygens (including phenoxy) is 1. The summed E-state index contributed by atoms with van der Waals surface area (Å²) in [7, 11) is 0. The van der Waals surface area contributed by atoms with Crippen molar-refractivity contribution in [2.24, 2.45) is 0 Å². The fourth-order valence-corrected chi connectivity index (χ4v) is 2.88. The van der Waals surface area contributed by atoms with E-state index < -0.39 is 0 Å².